The van der Waals surface area contributed by atoms with E-state index in [1.54, 1.807) is 9.58 Å². The van der Waals surface area contributed by atoms with Crippen molar-refractivity contribution in [1.29, 1.82) is 0 Å². The average molecular weight is 612 g/mol. The van der Waals surface area contributed by atoms with Gasteiger partial charge < -0.3 is 14.4 Å². The Hall–Kier alpha value is -3.14. The SMILES string of the molecule is CCCCCCCN(C(=O)COc1nc(CC)nc2c(CCC)nn(C)c12)c1ccc(SC(CCC)C(=O)OCC)cc1. The van der Waals surface area contributed by atoms with Gasteiger partial charge in [-0.25, -0.2) is 4.98 Å². The molecule has 0 bridgehead atoms. The van der Waals surface area contributed by atoms with E-state index in [0.717, 1.165) is 66.7 Å². The number of nitrogens with zero attached hydrogens (tertiary/aromatic N) is 5. The molecule has 0 saturated carbocycles. The van der Waals surface area contributed by atoms with Crippen molar-refractivity contribution in [3.8, 4) is 5.88 Å². The normalized spacial score (nSPS) is 12.0. The number of carbonyl (C=O) groups is 2. The van der Waals surface area contributed by atoms with Gasteiger partial charge in [0.25, 0.3) is 5.91 Å². The molecular formula is C33H49N5O4S. The molecule has 2 aromatic heterocycles. The lowest BCUT2D eigenvalue weighted by molar-refractivity contribution is -0.142. The standard InChI is InChI=1S/C33H49N5O4S/c1-7-12-13-14-15-22-38(24-18-20-25(21-19-24)43-27(17-9-3)33(40)41-11-5)29(39)23-42-32-31-30(34-28(10-4)35-32)26(16-8-2)36-37(31)6/h18-21,27H,7-17,22-23H2,1-6H3. The first kappa shape index (κ1) is 34.4. The number of thioether (sulfide) groups is 1. The van der Waals surface area contributed by atoms with Crippen LogP contribution in [0, 0.1) is 0 Å². The van der Waals surface area contributed by atoms with Crippen LogP contribution >= 0.6 is 11.8 Å². The minimum Gasteiger partial charge on any atom is -0.466 e. The average Bonchev–Trinajstić information content (AvgIpc) is 3.32. The Kier molecular flexibility index (Phi) is 14.3. The Balaban J connectivity index is 1.81. The number of fused-ring (bicyclic) bond motifs is 1. The highest BCUT2D eigenvalue weighted by molar-refractivity contribution is 8.00. The molecule has 0 spiro atoms. The summed E-state index contributed by atoms with van der Waals surface area (Å²) >= 11 is 1.51. The molecule has 2 heterocycles. The van der Waals surface area contributed by atoms with Crippen LogP contribution < -0.4 is 9.64 Å². The number of aromatic nitrogens is 4. The Morgan fingerprint density at radius 3 is 2.35 bits per heavy atom. The summed E-state index contributed by atoms with van der Waals surface area (Å²) in [6, 6.07) is 7.87. The second-order valence-electron chi connectivity index (χ2n) is 10.7. The minimum absolute atomic E-state index is 0.132. The summed E-state index contributed by atoms with van der Waals surface area (Å²) in [6.45, 7) is 11.0. The lowest BCUT2D eigenvalue weighted by Gasteiger charge is -2.23. The van der Waals surface area contributed by atoms with Crippen LogP contribution in [0.5, 0.6) is 5.88 Å². The van der Waals surface area contributed by atoms with Gasteiger partial charge in [0.15, 0.2) is 6.61 Å². The zero-order chi connectivity index (χ0) is 31.2. The second-order valence-corrected chi connectivity index (χ2v) is 12.0. The topological polar surface area (TPSA) is 99.4 Å². The van der Waals surface area contributed by atoms with Gasteiger partial charge in [-0.3, -0.25) is 14.3 Å². The number of ether oxygens (including phenoxy) is 2. The van der Waals surface area contributed by atoms with Crippen LogP contribution in [-0.4, -0.2) is 56.6 Å². The maximum atomic E-state index is 13.7. The molecule has 1 aromatic carbocycles. The number of aryl methyl sites for hydroxylation is 3. The first-order valence-electron chi connectivity index (χ1n) is 16.0. The van der Waals surface area contributed by atoms with Crippen LogP contribution in [0.1, 0.15) is 97.5 Å². The minimum atomic E-state index is -0.247. The highest BCUT2D eigenvalue weighted by Crippen LogP contribution is 2.30. The van der Waals surface area contributed by atoms with Crippen LogP contribution in [0.15, 0.2) is 29.2 Å². The number of hydrogen-bond donors (Lipinski definition) is 0. The van der Waals surface area contributed by atoms with Gasteiger partial charge >= 0.3 is 5.97 Å². The Morgan fingerprint density at radius 1 is 0.953 bits per heavy atom. The van der Waals surface area contributed by atoms with Crippen LogP contribution in [0.3, 0.4) is 0 Å². The summed E-state index contributed by atoms with van der Waals surface area (Å²) in [4.78, 5) is 38.3. The molecule has 1 unspecified atom stereocenters. The molecule has 3 rings (SSSR count). The van der Waals surface area contributed by atoms with E-state index < -0.39 is 0 Å². The lowest BCUT2D eigenvalue weighted by Crippen LogP contribution is -2.36. The van der Waals surface area contributed by atoms with E-state index in [0.29, 0.717) is 36.8 Å². The van der Waals surface area contributed by atoms with Crippen molar-refractivity contribution < 1.29 is 19.1 Å². The van der Waals surface area contributed by atoms with Gasteiger partial charge in [-0.15, -0.1) is 11.8 Å². The largest absolute Gasteiger partial charge is 0.466 e. The Morgan fingerprint density at radius 2 is 1.70 bits per heavy atom. The first-order chi connectivity index (χ1) is 20.9. The molecule has 9 nitrogen and oxygen atoms in total. The van der Waals surface area contributed by atoms with Crippen LogP contribution in [0.4, 0.5) is 5.69 Å². The predicted octanol–water partition coefficient (Wildman–Crippen LogP) is 7.08. The summed E-state index contributed by atoms with van der Waals surface area (Å²) in [5.74, 6) is 0.750. The van der Waals surface area contributed by atoms with Gasteiger partial charge in [0.2, 0.25) is 5.88 Å². The summed E-state index contributed by atoms with van der Waals surface area (Å²) in [5, 5.41) is 4.41. The van der Waals surface area contributed by atoms with E-state index in [1.807, 2.05) is 45.2 Å². The smallest absolute Gasteiger partial charge is 0.319 e. The summed E-state index contributed by atoms with van der Waals surface area (Å²) in [5.41, 5.74) is 3.24. The molecule has 0 radical (unpaired) electrons. The van der Waals surface area contributed by atoms with Crippen molar-refractivity contribution in [2.45, 2.75) is 109 Å². The Labute approximate surface area is 261 Å². The van der Waals surface area contributed by atoms with Crippen molar-refractivity contribution in [1.82, 2.24) is 19.7 Å². The maximum absolute atomic E-state index is 13.7. The summed E-state index contributed by atoms with van der Waals surface area (Å²) < 4.78 is 13.2. The quantitative estimate of drug-likeness (QED) is 0.0805. The summed E-state index contributed by atoms with van der Waals surface area (Å²) in [7, 11) is 1.86. The van der Waals surface area contributed by atoms with E-state index in [1.165, 1.54) is 24.6 Å². The first-order valence-corrected chi connectivity index (χ1v) is 16.8. The summed E-state index contributed by atoms with van der Waals surface area (Å²) in [6.07, 6.45) is 9.55. The van der Waals surface area contributed by atoms with Gasteiger partial charge in [0.05, 0.1) is 12.3 Å². The van der Waals surface area contributed by atoms with Gasteiger partial charge in [0, 0.05) is 30.6 Å². The number of rotatable bonds is 19. The zero-order valence-corrected chi connectivity index (χ0v) is 27.7. The third-order valence-electron chi connectivity index (χ3n) is 7.21. The van der Waals surface area contributed by atoms with Crippen molar-refractivity contribution in [3.63, 3.8) is 0 Å². The molecule has 0 aliphatic carbocycles. The molecule has 10 heteroatoms. The third kappa shape index (κ3) is 9.68. The highest BCUT2D eigenvalue weighted by atomic mass is 32.2. The van der Waals surface area contributed by atoms with E-state index in [2.05, 4.69) is 30.9 Å². The van der Waals surface area contributed by atoms with Crippen molar-refractivity contribution >= 4 is 40.4 Å². The van der Waals surface area contributed by atoms with Crippen molar-refractivity contribution in [3.05, 3.63) is 35.8 Å². The molecule has 0 saturated heterocycles. The molecule has 1 atom stereocenters. The molecule has 236 valence electrons. The Bertz CT molecular complexity index is 1310. The maximum Gasteiger partial charge on any atom is 0.319 e. The number of esters is 1. The van der Waals surface area contributed by atoms with Gasteiger partial charge in [0.1, 0.15) is 22.1 Å². The number of benzene rings is 1. The molecule has 3 aromatic rings. The van der Waals surface area contributed by atoms with E-state index >= 15 is 0 Å². The number of carbonyl (C=O) groups excluding carboxylic acids is 2. The van der Waals surface area contributed by atoms with Crippen LogP contribution in [0.2, 0.25) is 0 Å². The second kappa shape index (κ2) is 17.9. The van der Waals surface area contributed by atoms with Crippen molar-refractivity contribution in [2.75, 3.05) is 24.7 Å². The fraction of sp³-hybridized carbons (Fsp3) is 0.606. The molecule has 43 heavy (non-hydrogen) atoms. The third-order valence-corrected chi connectivity index (χ3v) is 8.47. The molecule has 0 N–H and O–H groups in total. The monoisotopic (exact) mass is 611 g/mol. The number of amides is 1. The van der Waals surface area contributed by atoms with Crippen LogP contribution in [0.25, 0.3) is 11.0 Å². The molecule has 0 aliphatic heterocycles. The molecule has 0 aliphatic rings. The van der Waals surface area contributed by atoms with Crippen LogP contribution in [-0.2, 0) is 34.2 Å². The van der Waals surface area contributed by atoms with E-state index in [-0.39, 0.29) is 23.7 Å². The molecule has 1 amide bonds. The fourth-order valence-corrected chi connectivity index (χ4v) is 6.12. The number of hydrogen-bond acceptors (Lipinski definition) is 8. The lowest BCUT2D eigenvalue weighted by atomic mass is 10.1. The molecule has 0 fully saturated rings. The van der Waals surface area contributed by atoms with E-state index in [4.69, 9.17) is 14.5 Å². The van der Waals surface area contributed by atoms with E-state index in [9.17, 15) is 9.59 Å². The van der Waals surface area contributed by atoms with Crippen molar-refractivity contribution in [2.24, 2.45) is 7.05 Å². The number of anilines is 1. The molecular weight excluding hydrogens is 562 g/mol. The highest BCUT2D eigenvalue weighted by Gasteiger charge is 2.23. The predicted molar refractivity (Wildman–Crippen MR) is 174 cm³/mol. The fourth-order valence-electron chi connectivity index (χ4n) is 4.98. The van der Waals surface area contributed by atoms with Gasteiger partial charge in [-0.2, -0.15) is 10.1 Å². The number of unbranched alkanes of at least 4 members (excludes halogenated alkanes) is 4. The zero-order valence-electron chi connectivity index (χ0n) is 26.9. The van der Waals surface area contributed by atoms with Gasteiger partial charge in [-0.05, 0) is 50.5 Å². The van der Waals surface area contributed by atoms with Gasteiger partial charge in [-0.1, -0.05) is 66.2 Å².